The van der Waals surface area contributed by atoms with Crippen molar-refractivity contribution in [2.24, 2.45) is 11.1 Å². The first-order valence-corrected chi connectivity index (χ1v) is 8.96. The molecule has 8 nitrogen and oxygen atoms in total. The predicted octanol–water partition coefficient (Wildman–Crippen LogP) is 0.481. The molecule has 0 saturated carbocycles. The highest BCUT2D eigenvalue weighted by Crippen LogP contribution is 2.39. The number of likely N-dealkylation sites (tertiary alicyclic amines) is 2. The first kappa shape index (κ1) is 18.2. The summed E-state index contributed by atoms with van der Waals surface area (Å²) in [5.74, 6) is 0.0103. The summed E-state index contributed by atoms with van der Waals surface area (Å²) in [6.45, 7) is 2.34. The number of nitrogens with one attached hydrogen (secondary N) is 1. The van der Waals surface area contributed by atoms with Crippen molar-refractivity contribution in [2.75, 3.05) is 26.2 Å². The van der Waals surface area contributed by atoms with Gasteiger partial charge in [0.15, 0.2) is 0 Å². The fraction of sp³-hybridized carbons (Fsp3) is 0.556. The lowest BCUT2D eigenvalue weighted by Crippen LogP contribution is -2.56. The summed E-state index contributed by atoms with van der Waals surface area (Å²) in [7, 11) is 0. The molecule has 1 spiro atoms. The molecule has 1 atom stereocenters. The topological polar surface area (TPSA) is 109 Å². The lowest BCUT2D eigenvalue weighted by molar-refractivity contribution is -0.143. The number of hydrogen-bond donors (Lipinski definition) is 2. The summed E-state index contributed by atoms with van der Waals surface area (Å²) < 4.78 is 0. The van der Waals surface area contributed by atoms with Crippen molar-refractivity contribution in [1.29, 1.82) is 0 Å². The Labute approximate surface area is 152 Å². The molecular weight excluding hydrogens is 334 g/mol. The van der Waals surface area contributed by atoms with Gasteiger partial charge in [-0.2, -0.15) is 0 Å². The largest absolute Gasteiger partial charge is 0.352 e. The molecule has 8 heteroatoms. The van der Waals surface area contributed by atoms with E-state index in [4.69, 9.17) is 5.73 Å². The van der Waals surface area contributed by atoms with E-state index in [0.717, 1.165) is 25.0 Å². The minimum atomic E-state index is -0.699. The molecule has 0 bridgehead atoms. The fourth-order valence-corrected chi connectivity index (χ4v) is 3.96. The van der Waals surface area contributed by atoms with Crippen molar-refractivity contribution in [3.63, 3.8) is 0 Å². The Hall–Kier alpha value is -2.64. The molecule has 2 aliphatic heterocycles. The minimum Gasteiger partial charge on any atom is -0.352 e. The van der Waals surface area contributed by atoms with Crippen LogP contribution in [0.5, 0.6) is 0 Å². The van der Waals surface area contributed by atoms with Crippen LogP contribution in [0.25, 0.3) is 0 Å². The number of amides is 4. The summed E-state index contributed by atoms with van der Waals surface area (Å²) in [4.78, 5) is 43.5. The monoisotopic (exact) mass is 359 g/mol. The SMILES string of the molecule is NC(=O)NCC(=O)N1CCC[C@@]2(CCC(=O)N(Cc3ccccn3)C2)C1. The molecular formula is C18H25N5O3. The van der Waals surface area contributed by atoms with E-state index >= 15 is 0 Å². The summed E-state index contributed by atoms with van der Waals surface area (Å²) in [6.07, 6.45) is 4.90. The zero-order valence-electron chi connectivity index (χ0n) is 14.8. The first-order chi connectivity index (χ1) is 12.5. The summed E-state index contributed by atoms with van der Waals surface area (Å²) in [6, 6.07) is 4.99. The number of urea groups is 1. The molecule has 2 aliphatic rings. The van der Waals surface area contributed by atoms with E-state index in [-0.39, 0.29) is 23.8 Å². The van der Waals surface area contributed by atoms with Gasteiger partial charge in [0, 0.05) is 37.7 Å². The van der Waals surface area contributed by atoms with E-state index in [0.29, 0.717) is 32.6 Å². The van der Waals surface area contributed by atoms with Crippen LogP contribution < -0.4 is 11.1 Å². The van der Waals surface area contributed by atoms with Gasteiger partial charge in [-0.05, 0) is 31.4 Å². The van der Waals surface area contributed by atoms with Crippen LogP contribution >= 0.6 is 0 Å². The van der Waals surface area contributed by atoms with Gasteiger partial charge in [-0.1, -0.05) is 6.07 Å². The molecule has 0 radical (unpaired) electrons. The van der Waals surface area contributed by atoms with E-state index < -0.39 is 6.03 Å². The van der Waals surface area contributed by atoms with Gasteiger partial charge in [0.1, 0.15) is 0 Å². The second-order valence-corrected chi connectivity index (χ2v) is 7.21. The quantitative estimate of drug-likeness (QED) is 0.815. The first-order valence-electron chi connectivity index (χ1n) is 8.96. The Morgan fingerprint density at radius 2 is 2.12 bits per heavy atom. The molecule has 3 N–H and O–H groups in total. The summed E-state index contributed by atoms with van der Waals surface area (Å²) in [5, 5.41) is 2.36. The van der Waals surface area contributed by atoms with Gasteiger partial charge in [-0.25, -0.2) is 4.79 Å². The van der Waals surface area contributed by atoms with Gasteiger partial charge >= 0.3 is 6.03 Å². The third-order valence-corrected chi connectivity index (χ3v) is 5.26. The highest BCUT2D eigenvalue weighted by Gasteiger charge is 2.42. The molecule has 1 aromatic heterocycles. The average molecular weight is 359 g/mol. The molecule has 2 saturated heterocycles. The van der Waals surface area contributed by atoms with Crippen LogP contribution in [-0.4, -0.2) is 58.8 Å². The van der Waals surface area contributed by atoms with Crippen LogP contribution in [0.1, 0.15) is 31.4 Å². The minimum absolute atomic E-state index is 0.0800. The second kappa shape index (κ2) is 7.72. The number of carbonyl (C=O) groups is 3. The van der Waals surface area contributed by atoms with Crippen molar-refractivity contribution in [3.05, 3.63) is 30.1 Å². The van der Waals surface area contributed by atoms with Crippen LogP contribution in [0, 0.1) is 5.41 Å². The molecule has 3 heterocycles. The Kier molecular flexibility index (Phi) is 5.39. The summed E-state index contributed by atoms with van der Waals surface area (Å²) in [5.41, 5.74) is 5.83. The van der Waals surface area contributed by atoms with E-state index in [1.54, 1.807) is 11.1 Å². The lowest BCUT2D eigenvalue weighted by Gasteiger charge is -2.48. The number of rotatable bonds is 4. The maximum absolute atomic E-state index is 12.4. The number of primary amides is 1. The molecule has 1 aromatic rings. The molecule has 0 unspecified atom stereocenters. The molecule has 0 aliphatic carbocycles. The standard InChI is InChI=1S/C18H25N5O3/c19-17(26)21-10-16(25)22-9-3-6-18(12-22)7-5-15(24)23(13-18)11-14-4-1-2-8-20-14/h1-2,4,8H,3,5-7,9-13H2,(H3,19,21,26)/t18-/m1/s1. The Morgan fingerprint density at radius 3 is 2.85 bits per heavy atom. The van der Waals surface area contributed by atoms with Crippen molar-refractivity contribution in [1.82, 2.24) is 20.1 Å². The van der Waals surface area contributed by atoms with Gasteiger partial charge in [0.05, 0.1) is 18.8 Å². The van der Waals surface area contributed by atoms with Crippen molar-refractivity contribution >= 4 is 17.8 Å². The normalized spacial score (nSPS) is 23.2. The smallest absolute Gasteiger partial charge is 0.312 e. The number of carbonyl (C=O) groups excluding carboxylic acids is 3. The van der Waals surface area contributed by atoms with Crippen molar-refractivity contribution < 1.29 is 14.4 Å². The van der Waals surface area contributed by atoms with Gasteiger partial charge in [0.2, 0.25) is 11.8 Å². The molecule has 0 aromatic carbocycles. The van der Waals surface area contributed by atoms with Gasteiger partial charge in [-0.15, -0.1) is 0 Å². The van der Waals surface area contributed by atoms with Gasteiger partial charge in [-0.3, -0.25) is 14.6 Å². The Bertz CT molecular complexity index is 681. The van der Waals surface area contributed by atoms with Crippen LogP contribution in [-0.2, 0) is 16.1 Å². The fourth-order valence-electron chi connectivity index (χ4n) is 3.96. The summed E-state index contributed by atoms with van der Waals surface area (Å²) >= 11 is 0. The van der Waals surface area contributed by atoms with Crippen LogP contribution in [0.4, 0.5) is 4.79 Å². The zero-order valence-corrected chi connectivity index (χ0v) is 14.8. The van der Waals surface area contributed by atoms with Gasteiger partial charge < -0.3 is 20.9 Å². The number of pyridine rings is 1. The highest BCUT2D eigenvalue weighted by molar-refractivity contribution is 5.83. The average Bonchev–Trinajstić information content (AvgIpc) is 2.64. The number of nitrogens with two attached hydrogens (primary N) is 1. The lowest BCUT2D eigenvalue weighted by atomic mass is 9.73. The molecule has 4 amide bonds. The molecule has 26 heavy (non-hydrogen) atoms. The number of aromatic nitrogens is 1. The molecule has 3 rings (SSSR count). The highest BCUT2D eigenvalue weighted by atomic mass is 16.2. The third kappa shape index (κ3) is 4.30. The van der Waals surface area contributed by atoms with Gasteiger partial charge in [0.25, 0.3) is 0 Å². The van der Waals surface area contributed by atoms with E-state index in [1.807, 2.05) is 23.1 Å². The Balaban J connectivity index is 1.65. The molecule has 140 valence electrons. The number of hydrogen-bond acceptors (Lipinski definition) is 4. The van der Waals surface area contributed by atoms with Crippen LogP contribution in [0.15, 0.2) is 24.4 Å². The number of nitrogens with zero attached hydrogens (tertiary/aromatic N) is 3. The predicted molar refractivity (Wildman–Crippen MR) is 94.7 cm³/mol. The Morgan fingerprint density at radius 1 is 1.27 bits per heavy atom. The van der Waals surface area contributed by atoms with Crippen molar-refractivity contribution in [2.45, 2.75) is 32.2 Å². The van der Waals surface area contributed by atoms with E-state index in [9.17, 15) is 14.4 Å². The van der Waals surface area contributed by atoms with E-state index in [2.05, 4.69) is 10.3 Å². The zero-order chi connectivity index (χ0) is 18.6. The third-order valence-electron chi connectivity index (χ3n) is 5.26. The maximum Gasteiger partial charge on any atom is 0.312 e. The maximum atomic E-state index is 12.4. The number of piperidine rings is 2. The van der Waals surface area contributed by atoms with Crippen molar-refractivity contribution in [3.8, 4) is 0 Å². The van der Waals surface area contributed by atoms with E-state index in [1.165, 1.54) is 0 Å². The van der Waals surface area contributed by atoms with Crippen LogP contribution in [0.2, 0.25) is 0 Å². The second-order valence-electron chi connectivity index (χ2n) is 7.21. The molecule has 2 fully saturated rings. The van der Waals surface area contributed by atoms with Crippen LogP contribution in [0.3, 0.4) is 0 Å².